The molecule has 1 aromatic heterocycles. The van der Waals surface area contributed by atoms with Crippen LogP contribution in [0, 0.1) is 6.92 Å². The maximum Gasteiger partial charge on any atom is 0.291 e. The zero-order valence-electron chi connectivity index (χ0n) is 16.6. The molecule has 1 unspecified atom stereocenters. The fourth-order valence-electron chi connectivity index (χ4n) is 3.79. The number of hydrogen-bond acceptors (Lipinski definition) is 5. The van der Waals surface area contributed by atoms with Crippen LogP contribution in [0.3, 0.4) is 0 Å². The van der Waals surface area contributed by atoms with Gasteiger partial charge in [-0.1, -0.05) is 23.7 Å². The van der Waals surface area contributed by atoms with Crippen LogP contribution in [0.1, 0.15) is 40.2 Å². The predicted octanol–water partition coefficient (Wildman–Crippen LogP) is 4.59. The first-order valence-corrected chi connectivity index (χ1v) is 9.89. The first-order chi connectivity index (χ1) is 14.4. The van der Waals surface area contributed by atoms with E-state index in [4.69, 9.17) is 20.8 Å². The van der Waals surface area contributed by atoms with Crippen molar-refractivity contribution in [1.82, 2.24) is 4.90 Å². The molecule has 1 aliphatic rings. The van der Waals surface area contributed by atoms with E-state index in [0.29, 0.717) is 28.2 Å². The summed E-state index contributed by atoms with van der Waals surface area (Å²) in [5.41, 5.74) is 1.60. The molecule has 0 bridgehead atoms. The van der Waals surface area contributed by atoms with Crippen LogP contribution in [-0.4, -0.2) is 29.1 Å². The zero-order chi connectivity index (χ0) is 21.6. The number of carbonyl (C=O) groups is 1. The Hall–Kier alpha value is -3.25. The topological polar surface area (TPSA) is 80.0 Å². The first-order valence-electron chi connectivity index (χ1n) is 9.51. The molecule has 1 N–H and O–H groups in total. The average molecular weight is 426 g/mol. The molecular formula is C23H20ClNO5. The lowest BCUT2D eigenvalue weighted by Gasteiger charge is -2.24. The second-order valence-electron chi connectivity index (χ2n) is 7.08. The lowest BCUT2D eigenvalue weighted by Crippen LogP contribution is -2.29. The Kier molecular flexibility index (Phi) is 5.03. The molecular weight excluding hydrogens is 406 g/mol. The molecule has 30 heavy (non-hydrogen) atoms. The highest BCUT2D eigenvalue weighted by Gasteiger charge is 2.42. The maximum atomic E-state index is 13.4. The average Bonchev–Trinajstić information content (AvgIpc) is 2.98. The number of phenols is 1. The summed E-state index contributed by atoms with van der Waals surface area (Å²) < 4.78 is 11.4. The van der Waals surface area contributed by atoms with E-state index >= 15 is 0 Å². The molecule has 7 heteroatoms. The third kappa shape index (κ3) is 3.04. The van der Waals surface area contributed by atoms with Gasteiger partial charge in [0.05, 0.1) is 23.6 Å². The number of aryl methyl sites for hydroxylation is 1. The minimum atomic E-state index is -0.703. The largest absolute Gasteiger partial charge is 0.504 e. The lowest BCUT2D eigenvalue weighted by molar-refractivity contribution is 0.0748. The molecule has 3 aromatic rings. The number of carbonyl (C=O) groups excluding carboxylic acids is 1. The van der Waals surface area contributed by atoms with E-state index in [1.54, 1.807) is 44.2 Å². The summed E-state index contributed by atoms with van der Waals surface area (Å²) in [5.74, 6) is -0.133. The summed E-state index contributed by atoms with van der Waals surface area (Å²) in [4.78, 5) is 28.1. The molecule has 1 atom stereocenters. The molecule has 2 aromatic carbocycles. The second-order valence-corrected chi connectivity index (χ2v) is 7.49. The standard InChI is InChI=1S/C23H20ClNO5/c1-4-8-25-20(13-6-7-16(26)18(10-13)29-5-2)19-21(27)14-11-15(24)12(3)9-17(14)30-22(19)23(25)28/h4,6-7,9-11,20,26H,1,5,8H2,2-3H3. The fourth-order valence-corrected chi connectivity index (χ4v) is 3.95. The number of benzene rings is 2. The van der Waals surface area contributed by atoms with E-state index in [1.807, 2.05) is 0 Å². The third-order valence-electron chi connectivity index (χ3n) is 5.17. The van der Waals surface area contributed by atoms with Crippen molar-refractivity contribution < 1.29 is 19.1 Å². The van der Waals surface area contributed by atoms with Gasteiger partial charge in [-0.3, -0.25) is 9.59 Å². The second kappa shape index (κ2) is 7.54. The van der Waals surface area contributed by atoms with Gasteiger partial charge in [0.25, 0.3) is 5.91 Å². The van der Waals surface area contributed by atoms with E-state index in [2.05, 4.69) is 6.58 Å². The van der Waals surface area contributed by atoms with E-state index in [9.17, 15) is 14.7 Å². The van der Waals surface area contributed by atoms with E-state index < -0.39 is 11.9 Å². The van der Waals surface area contributed by atoms with Crippen molar-refractivity contribution in [2.75, 3.05) is 13.2 Å². The van der Waals surface area contributed by atoms with Gasteiger partial charge in [-0.25, -0.2) is 0 Å². The minimum absolute atomic E-state index is 0.00658. The highest BCUT2D eigenvalue weighted by Crippen LogP contribution is 2.41. The highest BCUT2D eigenvalue weighted by atomic mass is 35.5. The molecule has 0 saturated carbocycles. The quantitative estimate of drug-likeness (QED) is 0.605. The van der Waals surface area contributed by atoms with Gasteiger partial charge >= 0.3 is 0 Å². The molecule has 0 radical (unpaired) electrons. The van der Waals surface area contributed by atoms with Crippen molar-refractivity contribution >= 4 is 28.5 Å². The number of halogens is 1. The van der Waals surface area contributed by atoms with Crippen LogP contribution in [0.4, 0.5) is 0 Å². The summed E-state index contributed by atoms with van der Waals surface area (Å²) >= 11 is 6.23. The first kappa shape index (κ1) is 20.0. The Morgan fingerprint density at radius 1 is 1.30 bits per heavy atom. The van der Waals surface area contributed by atoms with Crippen LogP contribution in [0.25, 0.3) is 11.0 Å². The maximum absolute atomic E-state index is 13.4. The van der Waals surface area contributed by atoms with Gasteiger partial charge in [-0.2, -0.15) is 0 Å². The molecule has 154 valence electrons. The van der Waals surface area contributed by atoms with Gasteiger partial charge in [0.1, 0.15) is 5.58 Å². The number of rotatable bonds is 5. The summed E-state index contributed by atoms with van der Waals surface area (Å²) in [5, 5.41) is 10.8. The zero-order valence-corrected chi connectivity index (χ0v) is 17.3. The van der Waals surface area contributed by atoms with E-state index in [1.165, 1.54) is 11.0 Å². The number of aromatic hydroxyl groups is 1. The number of hydrogen-bond donors (Lipinski definition) is 1. The normalized spacial score (nSPS) is 15.5. The Labute approximate surface area is 177 Å². The van der Waals surface area contributed by atoms with Gasteiger partial charge in [0.2, 0.25) is 5.76 Å². The summed E-state index contributed by atoms with van der Waals surface area (Å²) in [6.07, 6.45) is 1.59. The van der Waals surface area contributed by atoms with Crippen molar-refractivity contribution in [1.29, 1.82) is 0 Å². The monoisotopic (exact) mass is 425 g/mol. The number of nitrogens with zero attached hydrogens (tertiary/aromatic N) is 1. The third-order valence-corrected chi connectivity index (χ3v) is 5.58. The van der Waals surface area contributed by atoms with Crippen LogP contribution < -0.4 is 10.2 Å². The number of amides is 1. The van der Waals surface area contributed by atoms with Gasteiger partial charge in [-0.05, 0) is 49.2 Å². The molecule has 0 spiro atoms. The molecule has 2 heterocycles. The summed E-state index contributed by atoms with van der Waals surface area (Å²) in [6, 6.07) is 7.30. The summed E-state index contributed by atoms with van der Waals surface area (Å²) in [6.45, 7) is 7.91. The molecule has 1 aliphatic heterocycles. The molecule has 6 nitrogen and oxygen atoms in total. The SMILES string of the molecule is C=CCN1C(=O)c2oc3cc(C)c(Cl)cc3c(=O)c2C1c1ccc(O)c(OCC)c1. The molecule has 0 fully saturated rings. The Bertz CT molecular complexity index is 1250. The van der Waals surface area contributed by atoms with Crippen LogP contribution in [0.5, 0.6) is 11.5 Å². The van der Waals surface area contributed by atoms with Gasteiger partial charge < -0.3 is 19.2 Å². The number of fused-ring (bicyclic) bond motifs is 2. The van der Waals surface area contributed by atoms with Crippen molar-refractivity contribution in [2.24, 2.45) is 0 Å². The Morgan fingerprint density at radius 2 is 2.07 bits per heavy atom. The molecule has 4 rings (SSSR count). The fraction of sp³-hybridized carbons (Fsp3) is 0.217. The van der Waals surface area contributed by atoms with Gasteiger partial charge in [0, 0.05) is 11.6 Å². The van der Waals surface area contributed by atoms with E-state index in [0.717, 1.165) is 5.56 Å². The van der Waals surface area contributed by atoms with Crippen molar-refractivity contribution in [2.45, 2.75) is 19.9 Å². The molecule has 1 amide bonds. The summed E-state index contributed by atoms with van der Waals surface area (Å²) in [7, 11) is 0. The Morgan fingerprint density at radius 3 is 2.77 bits per heavy atom. The minimum Gasteiger partial charge on any atom is -0.504 e. The molecule has 0 aliphatic carbocycles. The van der Waals surface area contributed by atoms with Crippen LogP contribution in [0.15, 0.2) is 52.2 Å². The lowest BCUT2D eigenvalue weighted by atomic mass is 9.98. The Balaban J connectivity index is 2.00. The molecule has 0 saturated heterocycles. The number of ether oxygens (including phenoxy) is 1. The number of phenolic OH excluding ortho intramolecular Hbond substituents is 1. The highest BCUT2D eigenvalue weighted by molar-refractivity contribution is 6.32. The van der Waals surface area contributed by atoms with Gasteiger partial charge in [0.15, 0.2) is 16.9 Å². The van der Waals surface area contributed by atoms with E-state index in [-0.39, 0.29) is 34.8 Å². The van der Waals surface area contributed by atoms with Gasteiger partial charge in [-0.15, -0.1) is 6.58 Å². The van der Waals surface area contributed by atoms with Crippen molar-refractivity contribution in [3.8, 4) is 11.5 Å². The predicted molar refractivity (Wildman–Crippen MR) is 115 cm³/mol. The van der Waals surface area contributed by atoms with Crippen molar-refractivity contribution in [3.05, 3.63) is 80.7 Å². The smallest absolute Gasteiger partial charge is 0.291 e. The van der Waals surface area contributed by atoms with Crippen LogP contribution >= 0.6 is 11.6 Å². The van der Waals surface area contributed by atoms with Crippen LogP contribution in [0.2, 0.25) is 5.02 Å². The van der Waals surface area contributed by atoms with Crippen LogP contribution in [-0.2, 0) is 0 Å². The van der Waals surface area contributed by atoms with Crippen molar-refractivity contribution in [3.63, 3.8) is 0 Å².